The third-order valence-electron chi connectivity index (χ3n) is 4.29. The van der Waals surface area contributed by atoms with Crippen molar-refractivity contribution < 1.29 is 14.3 Å². The fraction of sp³-hybridized carbons (Fsp3) is 0.474. The van der Waals surface area contributed by atoms with Gasteiger partial charge in [0.2, 0.25) is 5.91 Å². The first kappa shape index (κ1) is 17.6. The van der Waals surface area contributed by atoms with Gasteiger partial charge in [0.1, 0.15) is 0 Å². The SMILES string of the molecule is Cc1ccn(CCC(=O)N[C@@H]2COCC[C@@H]2OCc2ccccc2)n1. The number of hydrogen-bond donors (Lipinski definition) is 1. The van der Waals surface area contributed by atoms with Crippen molar-refractivity contribution in [1.29, 1.82) is 0 Å². The van der Waals surface area contributed by atoms with Crippen LogP contribution in [0.15, 0.2) is 42.6 Å². The summed E-state index contributed by atoms with van der Waals surface area (Å²) in [5.74, 6) is -0.00281. The maximum Gasteiger partial charge on any atom is 0.222 e. The first-order valence-electron chi connectivity index (χ1n) is 8.73. The lowest BCUT2D eigenvalue weighted by atomic mass is 10.1. The minimum absolute atomic E-state index is 0.00281. The smallest absolute Gasteiger partial charge is 0.222 e. The molecule has 2 aromatic rings. The van der Waals surface area contributed by atoms with Crippen molar-refractivity contribution in [2.75, 3.05) is 13.2 Å². The third kappa shape index (κ3) is 5.41. The third-order valence-corrected chi connectivity index (χ3v) is 4.29. The molecule has 0 radical (unpaired) electrons. The molecular weight excluding hydrogens is 318 g/mol. The van der Waals surface area contributed by atoms with Crippen molar-refractivity contribution in [1.82, 2.24) is 15.1 Å². The van der Waals surface area contributed by atoms with E-state index in [4.69, 9.17) is 9.47 Å². The Morgan fingerprint density at radius 1 is 1.36 bits per heavy atom. The van der Waals surface area contributed by atoms with Crippen LogP contribution in [-0.4, -0.2) is 41.0 Å². The largest absolute Gasteiger partial charge is 0.379 e. The Morgan fingerprint density at radius 3 is 2.96 bits per heavy atom. The Hall–Kier alpha value is -2.18. The highest BCUT2D eigenvalue weighted by Gasteiger charge is 2.27. The van der Waals surface area contributed by atoms with Crippen LogP contribution >= 0.6 is 0 Å². The lowest BCUT2D eigenvalue weighted by molar-refractivity contribution is -0.126. The second-order valence-electron chi connectivity index (χ2n) is 6.34. The molecule has 1 aromatic carbocycles. The van der Waals surface area contributed by atoms with Crippen molar-refractivity contribution in [2.45, 2.75) is 45.1 Å². The minimum Gasteiger partial charge on any atom is -0.379 e. The molecular formula is C19H25N3O3. The second-order valence-corrected chi connectivity index (χ2v) is 6.34. The van der Waals surface area contributed by atoms with Gasteiger partial charge in [-0.05, 0) is 25.0 Å². The number of amides is 1. The van der Waals surface area contributed by atoms with Gasteiger partial charge in [-0.2, -0.15) is 5.10 Å². The fourth-order valence-electron chi connectivity index (χ4n) is 2.91. The first-order valence-corrected chi connectivity index (χ1v) is 8.73. The normalized spacial score (nSPS) is 20.4. The highest BCUT2D eigenvalue weighted by molar-refractivity contribution is 5.76. The summed E-state index contributed by atoms with van der Waals surface area (Å²) >= 11 is 0. The van der Waals surface area contributed by atoms with Crippen LogP contribution in [0.2, 0.25) is 0 Å². The van der Waals surface area contributed by atoms with Gasteiger partial charge in [-0.3, -0.25) is 9.48 Å². The van der Waals surface area contributed by atoms with Crippen molar-refractivity contribution in [3.05, 3.63) is 53.9 Å². The molecule has 1 saturated heterocycles. The van der Waals surface area contributed by atoms with Crippen molar-refractivity contribution in [3.8, 4) is 0 Å². The summed E-state index contributed by atoms with van der Waals surface area (Å²) in [4.78, 5) is 12.2. The van der Waals surface area contributed by atoms with E-state index < -0.39 is 0 Å². The zero-order chi connectivity index (χ0) is 17.5. The van der Waals surface area contributed by atoms with E-state index in [0.29, 0.717) is 32.8 Å². The molecule has 2 atom stereocenters. The van der Waals surface area contributed by atoms with Crippen LogP contribution in [0.1, 0.15) is 24.1 Å². The quantitative estimate of drug-likeness (QED) is 0.836. The molecule has 6 nitrogen and oxygen atoms in total. The average Bonchev–Trinajstić information content (AvgIpc) is 3.05. The molecule has 0 bridgehead atoms. The molecule has 3 rings (SSSR count). The van der Waals surface area contributed by atoms with E-state index in [1.165, 1.54) is 0 Å². The topological polar surface area (TPSA) is 65.4 Å². The van der Waals surface area contributed by atoms with E-state index in [0.717, 1.165) is 17.7 Å². The monoisotopic (exact) mass is 343 g/mol. The Bertz CT molecular complexity index is 672. The van der Waals surface area contributed by atoms with Crippen LogP contribution in [0.25, 0.3) is 0 Å². The van der Waals surface area contributed by atoms with Gasteiger partial charge in [-0.1, -0.05) is 30.3 Å². The number of hydrogen-bond acceptors (Lipinski definition) is 4. The number of ether oxygens (including phenoxy) is 2. The molecule has 1 amide bonds. The van der Waals surface area contributed by atoms with Crippen LogP contribution in [0, 0.1) is 6.92 Å². The summed E-state index contributed by atoms with van der Waals surface area (Å²) in [5, 5.41) is 7.35. The maximum atomic E-state index is 12.2. The molecule has 0 aliphatic carbocycles. The van der Waals surface area contributed by atoms with Gasteiger partial charge in [0, 0.05) is 25.8 Å². The Labute approximate surface area is 148 Å². The first-order chi connectivity index (χ1) is 12.2. The summed E-state index contributed by atoms with van der Waals surface area (Å²) in [5.41, 5.74) is 2.09. The number of rotatable bonds is 7. The minimum atomic E-state index is -0.107. The van der Waals surface area contributed by atoms with Gasteiger partial charge >= 0.3 is 0 Å². The molecule has 1 aliphatic rings. The van der Waals surface area contributed by atoms with Crippen molar-refractivity contribution >= 4 is 5.91 Å². The molecule has 25 heavy (non-hydrogen) atoms. The predicted octanol–water partition coefficient (Wildman–Crippen LogP) is 2.07. The molecule has 0 unspecified atom stereocenters. The number of carbonyl (C=O) groups is 1. The molecule has 0 saturated carbocycles. The molecule has 134 valence electrons. The summed E-state index contributed by atoms with van der Waals surface area (Å²) in [6, 6.07) is 11.9. The van der Waals surface area contributed by atoms with E-state index in [2.05, 4.69) is 10.4 Å². The highest BCUT2D eigenvalue weighted by atomic mass is 16.5. The number of benzene rings is 1. The molecule has 1 aromatic heterocycles. The standard InChI is InChI=1S/C19H25N3O3/c1-15-7-10-22(21-15)11-8-19(23)20-17-14-24-12-9-18(17)25-13-16-5-3-2-4-6-16/h2-7,10,17-18H,8-9,11-14H2,1H3,(H,20,23)/t17-,18+/m1/s1. The summed E-state index contributed by atoms with van der Waals surface area (Å²) in [7, 11) is 0. The van der Waals surface area contributed by atoms with Crippen LogP contribution in [0.4, 0.5) is 0 Å². The van der Waals surface area contributed by atoms with Crippen LogP contribution < -0.4 is 5.32 Å². The van der Waals surface area contributed by atoms with Gasteiger partial charge in [0.15, 0.2) is 0 Å². The average molecular weight is 343 g/mol. The predicted molar refractivity (Wildman–Crippen MR) is 94.0 cm³/mol. The molecule has 2 heterocycles. The molecule has 1 fully saturated rings. The van der Waals surface area contributed by atoms with E-state index in [-0.39, 0.29) is 18.1 Å². The van der Waals surface area contributed by atoms with Gasteiger partial charge in [0.05, 0.1) is 31.1 Å². The van der Waals surface area contributed by atoms with Gasteiger partial charge in [-0.25, -0.2) is 0 Å². The van der Waals surface area contributed by atoms with E-state index in [9.17, 15) is 4.79 Å². The van der Waals surface area contributed by atoms with Crippen molar-refractivity contribution in [2.24, 2.45) is 0 Å². The molecule has 6 heteroatoms. The van der Waals surface area contributed by atoms with Crippen LogP contribution in [0.5, 0.6) is 0 Å². The number of aromatic nitrogens is 2. The van der Waals surface area contributed by atoms with E-state index >= 15 is 0 Å². The van der Waals surface area contributed by atoms with E-state index in [1.807, 2.05) is 49.5 Å². The Balaban J connectivity index is 1.47. The van der Waals surface area contributed by atoms with Crippen LogP contribution in [-0.2, 0) is 27.4 Å². The second kappa shape index (κ2) is 8.78. The fourth-order valence-corrected chi connectivity index (χ4v) is 2.91. The zero-order valence-electron chi connectivity index (χ0n) is 14.6. The number of aryl methyl sites for hydroxylation is 2. The van der Waals surface area contributed by atoms with Crippen LogP contribution in [0.3, 0.4) is 0 Å². The van der Waals surface area contributed by atoms with Gasteiger partial charge in [0.25, 0.3) is 0 Å². The summed E-state index contributed by atoms with van der Waals surface area (Å²) < 4.78 is 13.3. The maximum absolute atomic E-state index is 12.2. The van der Waals surface area contributed by atoms with E-state index in [1.54, 1.807) is 4.68 Å². The van der Waals surface area contributed by atoms with Gasteiger partial charge in [-0.15, -0.1) is 0 Å². The number of carbonyl (C=O) groups excluding carboxylic acids is 1. The lowest BCUT2D eigenvalue weighted by Crippen LogP contribution is -2.50. The molecule has 1 aliphatic heterocycles. The summed E-state index contributed by atoms with van der Waals surface area (Å²) in [6.45, 7) is 4.21. The lowest BCUT2D eigenvalue weighted by Gasteiger charge is -2.32. The molecule has 1 N–H and O–H groups in total. The number of nitrogens with zero attached hydrogens (tertiary/aromatic N) is 2. The Morgan fingerprint density at radius 2 is 2.20 bits per heavy atom. The van der Waals surface area contributed by atoms with Crippen molar-refractivity contribution in [3.63, 3.8) is 0 Å². The van der Waals surface area contributed by atoms with Gasteiger partial charge < -0.3 is 14.8 Å². The highest BCUT2D eigenvalue weighted by Crippen LogP contribution is 2.15. The molecule has 0 spiro atoms. The zero-order valence-corrected chi connectivity index (χ0v) is 14.6. The summed E-state index contributed by atoms with van der Waals surface area (Å²) in [6.07, 6.45) is 3.04. The number of nitrogens with one attached hydrogen (secondary N) is 1. The Kier molecular flexibility index (Phi) is 6.19.